The van der Waals surface area contributed by atoms with Crippen molar-refractivity contribution in [2.75, 3.05) is 29.9 Å². The first-order valence-corrected chi connectivity index (χ1v) is 14.9. The maximum atomic E-state index is 13.2. The number of hydrogen-bond acceptors (Lipinski definition) is 7. The Morgan fingerprint density at radius 3 is 2.52 bits per heavy atom. The summed E-state index contributed by atoms with van der Waals surface area (Å²) in [7, 11) is -2.92. The van der Waals surface area contributed by atoms with Gasteiger partial charge in [-0.1, -0.05) is 24.8 Å². The first kappa shape index (κ1) is 30.0. The number of aryl methyl sites for hydroxylation is 1. The zero-order chi connectivity index (χ0) is 30.3. The fourth-order valence-electron chi connectivity index (χ4n) is 4.03. The van der Waals surface area contributed by atoms with Crippen molar-refractivity contribution in [1.82, 2.24) is 15.2 Å². The Bertz CT molecular complexity index is 1700. The molecule has 0 bridgehead atoms. The molecule has 0 radical (unpaired) electrons. The number of nitrogens with zero attached hydrogens (tertiary/aromatic N) is 3. The topological polar surface area (TPSA) is 171 Å². The molecule has 1 aliphatic heterocycles. The van der Waals surface area contributed by atoms with E-state index in [4.69, 9.17) is 9.52 Å². The van der Waals surface area contributed by atoms with E-state index in [9.17, 15) is 23.4 Å². The summed E-state index contributed by atoms with van der Waals surface area (Å²) in [5.74, 6) is 3.88. The molecule has 0 saturated carbocycles. The van der Waals surface area contributed by atoms with Crippen LogP contribution >= 0.6 is 0 Å². The van der Waals surface area contributed by atoms with Gasteiger partial charge in [-0.3, -0.25) is 14.6 Å². The summed E-state index contributed by atoms with van der Waals surface area (Å²) < 4.78 is 22.4. The van der Waals surface area contributed by atoms with Crippen molar-refractivity contribution in [2.45, 2.75) is 26.3 Å². The SMILES string of the molecule is CCC(NC(=O)N1CCS(=O)(=NC(=O)c2cncc(C#Cc3cccc(NC(=O)c4occc4C)c3)c2)CC1)C(=O)O. The Morgan fingerprint density at radius 1 is 1.12 bits per heavy atom. The Balaban J connectivity index is 1.40. The molecule has 4 rings (SSSR count). The zero-order valence-corrected chi connectivity index (χ0v) is 23.8. The lowest BCUT2D eigenvalue weighted by Crippen LogP contribution is -2.52. The molecule has 1 unspecified atom stereocenters. The van der Waals surface area contributed by atoms with Gasteiger partial charge in [-0.2, -0.15) is 4.36 Å². The standard InChI is InChI=1S/C29H29N5O7S/c1-3-24(28(37)38)32-29(39)34-10-13-42(40,14-11-34)33-26(35)22-15-21(17-30-18-22)8-7-20-5-4-6-23(16-20)31-27(36)25-19(2)9-12-41-25/h4-6,9,12,15-18,24H,3,10-11,13-14H2,1-2H3,(H,31,36)(H,32,39)(H,37,38). The maximum Gasteiger partial charge on any atom is 0.326 e. The molecule has 2 aromatic heterocycles. The number of carbonyl (C=O) groups excluding carboxylic acids is 3. The number of benzene rings is 1. The molecule has 4 amide bonds. The summed E-state index contributed by atoms with van der Waals surface area (Å²) in [6.07, 6.45) is 4.46. The summed E-state index contributed by atoms with van der Waals surface area (Å²) in [5, 5.41) is 14.3. The third-order valence-corrected chi connectivity index (χ3v) is 8.57. The van der Waals surface area contributed by atoms with E-state index in [-0.39, 0.29) is 48.2 Å². The molecule has 13 heteroatoms. The highest BCUT2D eigenvalue weighted by Crippen LogP contribution is 2.15. The van der Waals surface area contributed by atoms with Crippen LogP contribution in [0, 0.1) is 18.8 Å². The molecule has 1 saturated heterocycles. The smallest absolute Gasteiger partial charge is 0.326 e. The summed E-state index contributed by atoms with van der Waals surface area (Å²) >= 11 is 0. The second kappa shape index (κ2) is 13.1. The van der Waals surface area contributed by atoms with Crippen molar-refractivity contribution in [3.8, 4) is 11.8 Å². The number of hydrogen-bond donors (Lipinski definition) is 3. The number of aliphatic carboxylic acids is 1. The average Bonchev–Trinajstić information content (AvgIpc) is 3.41. The minimum absolute atomic E-state index is 0.0185. The Kier molecular flexibility index (Phi) is 9.39. The number of furan rings is 1. The highest BCUT2D eigenvalue weighted by Gasteiger charge is 2.27. The number of anilines is 1. The van der Waals surface area contributed by atoms with E-state index in [1.54, 1.807) is 44.2 Å². The predicted octanol–water partition coefficient (Wildman–Crippen LogP) is 3.13. The van der Waals surface area contributed by atoms with Crippen LogP contribution in [0.15, 0.2) is 63.8 Å². The fourth-order valence-corrected chi connectivity index (χ4v) is 5.84. The van der Waals surface area contributed by atoms with Crippen molar-refractivity contribution >= 4 is 39.2 Å². The van der Waals surface area contributed by atoms with Crippen LogP contribution in [0.4, 0.5) is 10.5 Å². The third kappa shape index (κ3) is 7.61. The number of carboxylic acids is 1. The summed E-state index contributed by atoms with van der Waals surface area (Å²) in [5.41, 5.74) is 2.41. The monoisotopic (exact) mass is 591 g/mol. The first-order valence-electron chi connectivity index (χ1n) is 13.0. The van der Waals surface area contributed by atoms with E-state index in [1.165, 1.54) is 29.6 Å². The first-order chi connectivity index (χ1) is 20.1. The summed E-state index contributed by atoms with van der Waals surface area (Å²) in [4.78, 5) is 54.2. The number of rotatable bonds is 6. The molecule has 3 N–H and O–H groups in total. The Labute approximate surface area is 242 Å². The maximum absolute atomic E-state index is 13.2. The van der Waals surface area contributed by atoms with Crippen LogP contribution in [0.2, 0.25) is 0 Å². The molecular weight excluding hydrogens is 562 g/mol. The molecule has 12 nitrogen and oxygen atoms in total. The second-order valence-corrected chi connectivity index (χ2v) is 12.0. The summed E-state index contributed by atoms with van der Waals surface area (Å²) in [6.45, 7) is 3.56. The molecule has 0 aliphatic carbocycles. The number of carboxylic acid groups (broad SMARTS) is 1. The fraction of sp³-hybridized carbons (Fsp3) is 0.276. The lowest BCUT2D eigenvalue weighted by atomic mass is 10.1. The van der Waals surface area contributed by atoms with Crippen molar-refractivity contribution < 1.29 is 32.9 Å². The van der Waals surface area contributed by atoms with Crippen LogP contribution in [-0.2, 0) is 14.5 Å². The van der Waals surface area contributed by atoms with Crippen LogP contribution in [-0.4, -0.2) is 73.7 Å². The normalized spacial score (nSPS) is 14.6. The molecule has 3 aromatic rings. The molecule has 218 valence electrons. The summed E-state index contributed by atoms with van der Waals surface area (Å²) in [6, 6.07) is 8.55. The van der Waals surface area contributed by atoms with E-state index in [2.05, 4.69) is 31.8 Å². The van der Waals surface area contributed by atoms with Crippen LogP contribution in [0.25, 0.3) is 0 Å². The van der Waals surface area contributed by atoms with E-state index in [1.807, 2.05) is 0 Å². The minimum Gasteiger partial charge on any atom is -0.480 e. The van der Waals surface area contributed by atoms with Gasteiger partial charge in [0.15, 0.2) is 5.76 Å². The predicted molar refractivity (Wildman–Crippen MR) is 155 cm³/mol. The second-order valence-electron chi connectivity index (χ2n) is 9.49. The lowest BCUT2D eigenvalue weighted by molar-refractivity contribution is -0.139. The Morgan fingerprint density at radius 2 is 1.86 bits per heavy atom. The van der Waals surface area contributed by atoms with Gasteiger partial charge >= 0.3 is 12.0 Å². The van der Waals surface area contributed by atoms with Gasteiger partial charge < -0.3 is 25.1 Å². The molecule has 1 aromatic carbocycles. The van der Waals surface area contributed by atoms with Crippen molar-refractivity contribution in [3.05, 3.63) is 83.1 Å². The van der Waals surface area contributed by atoms with Gasteiger partial charge in [0.05, 0.1) is 33.1 Å². The number of carbonyl (C=O) groups is 4. The van der Waals surface area contributed by atoms with Gasteiger partial charge in [-0.25, -0.2) is 13.8 Å². The van der Waals surface area contributed by atoms with Crippen LogP contribution in [0.5, 0.6) is 0 Å². The highest BCUT2D eigenvalue weighted by atomic mass is 32.2. The largest absolute Gasteiger partial charge is 0.480 e. The van der Waals surface area contributed by atoms with Gasteiger partial charge in [-0.15, -0.1) is 0 Å². The number of aromatic nitrogens is 1. The van der Waals surface area contributed by atoms with Gasteiger partial charge in [-0.05, 0) is 43.7 Å². The molecule has 1 atom stereocenters. The van der Waals surface area contributed by atoms with Crippen LogP contribution < -0.4 is 10.6 Å². The average molecular weight is 592 g/mol. The lowest BCUT2D eigenvalue weighted by Gasteiger charge is -2.29. The molecule has 1 fully saturated rings. The minimum atomic E-state index is -2.92. The van der Waals surface area contributed by atoms with E-state index < -0.39 is 33.7 Å². The number of nitrogens with one attached hydrogen (secondary N) is 2. The van der Waals surface area contributed by atoms with Crippen molar-refractivity contribution in [3.63, 3.8) is 0 Å². The zero-order valence-electron chi connectivity index (χ0n) is 23.0. The van der Waals surface area contributed by atoms with Crippen molar-refractivity contribution in [2.24, 2.45) is 4.36 Å². The number of amides is 4. The van der Waals surface area contributed by atoms with Gasteiger partial charge in [0.1, 0.15) is 6.04 Å². The number of pyridine rings is 1. The van der Waals surface area contributed by atoms with E-state index >= 15 is 0 Å². The van der Waals surface area contributed by atoms with E-state index in [0.717, 1.165) is 5.56 Å². The van der Waals surface area contributed by atoms with Crippen LogP contribution in [0.1, 0.15) is 50.9 Å². The third-order valence-electron chi connectivity index (χ3n) is 6.43. The molecular formula is C29H29N5O7S. The molecule has 42 heavy (non-hydrogen) atoms. The quantitative estimate of drug-likeness (QED) is 0.367. The highest BCUT2D eigenvalue weighted by molar-refractivity contribution is 7.94. The number of urea groups is 1. The molecule has 3 heterocycles. The van der Waals surface area contributed by atoms with Crippen LogP contribution in [0.3, 0.4) is 0 Å². The van der Waals surface area contributed by atoms with Gasteiger partial charge in [0.25, 0.3) is 11.8 Å². The Hall–Kier alpha value is -4.96. The van der Waals surface area contributed by atoms with Gasteiger partial charge in [0.2, 0.25) is 0 Å². The van der Waals surface area contributed by atoms with E-state index in [0.29, 0.717) is 16.8 Å². The van der Waals surface area contributed by atoms with Gasteiger partial charge in [0, 0.05) is 47.9 Å². The molecule has 0 spiro atoms. The molecule has 1 aliphatic rings. The van der Waals surface area contributed by atoms with Crippen molar-refractivity contribution in [1.29, 1.82) is 0 Å².